The highest BCUT2D eigenvalue weighted by atomic mass is 79.9. The van der Waals surface area contributed by atoms with E-state index in [4.69, 9.17) is 11.6 Å². The maximum absolute atomic E-state index is 5.98. The topological polar surface area (TPSA) is 37.8 Å². The smallest absolute Gasteiger partial charge is 0.147 e. The summed E-state index contributed by atoms with van der Waals surface area (Å²) in [7, 11) is 0. The monoisotopic (exact) mass is 343 g/mol. The normalized spacial score (nSPS) is 15.0. The predicted octanol–water partition coefficient (Wildman–Crippen LogP) is 3.87. The van der Waals surface area contributed by atoms with Crippen LogP contribution in [0.15, 0.2) is 22.7 Å². The lowest BCUT2D eigenvalue weighted by molar-refractivity contribution is 0.679. The van der Waals surface area contributed by atoms with E-state index in [-0.39, 0.29) is 0 Å². The number of nitrogens with one attached hydrogen (secondary N) is 1. The maximum atomic E-state index is 5.98. The molecule has 0 amide bonds. The average Bonchev–Trinajstić information content (AvgIpc) is 3.08. The second kappa shape index (κ2) is 5.25. The van der Waals surface area contributed by atoms with Crippen LogP contribution in [0.1, 0.15) is 17.8 Å². The molecular weight excluding hydrogens is 334 g/mol. The fourth-order valence-corrected chi connectivity index (χ4v) is 2.87. The van der Waals surface area contributed by atoms with Gasteiger partial charge in [-0.05, 0) is 40.9 Å². The first-order chi connectivity index (χ1) is 8.72. The molecule has 0 aliphatic heterocycles. The average molecular weight is 345 g/mol. The molecule has 2 aromatic rings. The van der Waals surface area contributed by atoms with E-state index in [1.807, 2.05) is 18.2 Å². The van der Waals surface area contributed by atoms with Crippen LogP contribution in [0, 0.1) is 0 Å². The molecule has 1 aliphatic carbocycles. The molecule has 0 atom stereocenters. The summed E-state index contributed by atoms with van der Waals surface area (Å²) >= 11 is 11.0. The Bertz CT molecular complexity index is 568. The Morgan fingerprint density at radius 2 is 2.22 bits per heavy atom. The van der Waals surface area contributed by atoms with Crippen molar-refractivity contribution in [1.82, 2.24) is 15.5 Å². The van der Waals surface area contributed by atoms with Gasteiger partial charge in [-0.1, -0.05) is 29.0 Å². The molecular formula is C12H11BrClN3S. The van der Waals surface area contributed by atoms with Crippen molar-refractivity contribution >= 4 is 38.9 Å². The Balaban J connectivity index is 1.76. The van der Waals surface area contributed by atoms with Crippen molar-refractivity contribution in [1.29, 1.82) is 0 Å². The van der Waals surface area contributed by atoms with Gasteiger partial charge in [0.05, 0.1) is 5.02 Å². The van der Waals surface area contributed by atoms with E-state index < -0.39 is 0 Å². The molecule has 1 saturated carbocycles. The number of benzene rings is 1. The maximum Gasteiger partial charge on any atom is 0.147 e. The molecule has 1 N–H and O–H groups in total. The second-order valence-electron chi connectivity index (χ2n) is 4.29. The van der Waals surface area contributed by atoms with E-state index in [0.717, 1.165) is 26.6 Å². The molecule has 94 valence electrons. The van der Waals surface area contributed by atoms with Crippen LogP contribution in [-0.4, -0.2) is 16.2 Å². The molecule has 0 unspecified atom stereocenters. The highest BCUT2D eigenvalue weighted by Gasteiger charge is 2.20. The largest absolute Gasteiger partial charge is 0.308 e. The second-order valence-corrected chi connectivity index (χ2v) is 6.61. The van der Waals surface area contributed by atoms with Crippen molar-refractivity contribution < 1.29 is 0 Å². The first-order valence-electron chi connectivity index (χ1n) is 5.73. The summed E-state index contributed by atoms with van der Waals surface area (Å²) < 4.78 is 0.884. The minimum Gasteiger partial charge on any atom is -0.308 e. The molecule has 1 aliphatic rings. The molecule has 1 aromatic heterocycles. The summed E-state index contributed by atoms with van der Waals surface area (Å²) in [5, 5.41) is 14.5. The van der Waals surface area contributed by atoms with Crippen molar-refractivity contribution in [2.75, 3.05) is 0 Å². The summed E-state index contributed by atoms with van der Waals surface area (Å²) in [5.74, 6) is 0. The lowest BCUT2D eigenvalue weighted by atomic mass is 10.2. The van der Waals surface area contributed by atoms with Crippen molar-refractivity contribution in [3.63, 3.8) is 0 Å². The van der Waals surface area contributed by atoms with Crippen LogP contribution in [0.25, 0.3) is 10.6 Å². The molecule has 0 saturated heterocycles. The molecule has 18 heavy (non-hydrogen) atoms. The first kappa shape index (κ1) is 12.5. The van der Waals surface area contributed by atoms with Crippen LogP contribution in [0.4, 0.5) is 0 Å². The number of hydrogen-bond donors (Lipinski definition) is 1. The van der Waals surface area contributed by atoms with Gasteiger partial charge in [-0.2, -0.15) is 0 Å². The standard InChI is InChI=1S/C12H11BrClN3S/c13-9-5-7(1-4-10(9)14)12-17-16-11(18-12)6-15-8-2-3-8/h1,4-5,8,15H,2-3,6H2. The molecule has 6 heteroatoms. The van der Waals surface area contributed by atoms with E-state index in [0.29, 0.717) is 11.1 Å². The van der Waals surface area contributed by atoms with Crippen LogP contribution < -0.4 is 5.32 Å². The van der Waals surface area contributed by atoms with Gasteiger partial charge in [0.15, 0.2) is 0 Å². The third-order valence-electron chi connectivity index (χ3n) is 2.75. The van der Waals surface area contributed by atoms with Gasteiger partial charge in [0.1, 0.15) is 10.0 Å². The van der Waals surface area contributed by atoms with E-state index in [1.54, 1.807) is 11.3 Å². The van der Waals surface area contributed by atoms with Gasteiger partial charge in [-0.15, -0.1) is 10.2 Å². The molecule has 1 fully saturated rings. The van der Waals surface area contributed by atoms with Crippen molar-refractivity contribution in [3.8, 4) is 10.6 Å². The zero-order valence-corrected chi connectivity index (χ0v) is 12.6. The van der Waals surface area contributed by atoms with Gasteiger partial charge in [0.2, 0.25) is 0 Å². The highest BCUT2D eigenvalue weighted by Crippen LogP contribution is 2.30. The van der Waals surface area contributed by atoms with E-state index in [2.05, 4.69) is 31.4 Å². The minimum atomic E-state index is 0.696. The number of aromatic nitrogens is 2. The predicted molar refractivity (Wildman–Crippen MR) is 77.9 cm³/mol. The van der Waals surface area contributed by atoms with Gasteiger partial charge in [0.25, 0.3) is 0 Å². The van der Waals surface area contributed by atoms with Crippen LogP contribution >= 0.6 is 38.9 Å². The van der Waals surface area contributed by atoms with Gasteiger partial charge >= 0.3 is 0 Å². The summed E-state index contributed by atoms with van der Waals surface area (Å²) in [6, 6.07) is 6.50. The zero-order chi connectivity index (χ0) is 12.5. The van der Waals surface area contributed by atoms with E-state index >= 15 is 0 Å². The van der Waals surface area contributed by atoms with Gasteiger partial charge < -0.3 is 5.32 Å². The molecule has 1 aromatic carbocycles. The molecule has 1 heterocycles. The van der Waals surface area contributed by atoms with E-state index in [1.165, 1.54) is 12.8 Å². The molecule has 3 nitrogen and oxygen atoms in total. The summed E-state index contributed by atoms with van der Waals surface area (Å²) in [4.78, 5) is 0. The quantitative estimate of drug-likeness (QED) is 0.915. The Morgan fingerprint density at radius 3 is 2.94 bits per heavy atom. The summed E-state index contributed by atoms with van der Waals surface area (Å²) in [6.45, 7) is 0.817. The minimum absolute atomic E-state index is 0.696. The third kappa shape index (κ3) is 2.91. The lowest BCUT2D eigenvalue weighted by Gasteiger charge is -1.98. The SMILES string of the molecule is Clc1ccc(-c2nnc(CNC3CC3)s2)cc1Br. The molecule has 3 rings (SSSR count). The summed E-state index contributed by atoms with van der Waals surface area (Å²) in [6.07, 6.45) is 2.57. The van der Waals surface area contributed by atoms with Crippen LogP contribution in [0.3, 0.4) is 0 Å². The third-order valence-corrected chi connectivity index (χ3v) is 4.94. The van der Waals surface area contributed by atoms with Crippen molar-refractivity contribution in [3.05, 3.63) is 32.7 Å². The van der Waals surface area contributed by atoms with Crippen molar-refractivity contribution in [2.45, 2.75) is 25.4 Å². The molecule has 0 spiro atoms. The van der Waals surface area contributed by atoms with Crippen LogP contribution in [0.5, 0.6) is 0 Å². The number of hydrogen-bond acceptors (Lipinski definition) is 4. The zero-order valence-electron chi connectivity index (χ0n) is 9.49. The van der Waals surface area contributed by atoms with Crippen LogP contribution in [0.2, 0.25) is 5.02 Å². The van der Waals surface area contributed by atoms with E-state index in [9.17, 15) is 0 Å². The number of halogens is 2. The lowest BCUT2D eigenvalue weighted by Crippen LogP contribution is -2.14. The fourth-order valence-electron chi connectivity index (χ4n) is 1.59. The van der Waals surface area contributed by atoms with Gasteiger partial charge in [-0.3, -0.25) is 0 Å². The number of rotatable bonds is 4. The van der Waals surface area contributed by atoms with Crippen LogP contribution in [-0.2, 0) is 6.54 Å². The Labute approximate surface area is 123 Å². The molecule has 0 bridgehead atoms. The van der Waals surface area contributed by atoms with Gasteiger partial charge in [-0.25, -0.2) is 0 Å². The Hall–Kier alpha value is -0.490. The highest BCUT2D eigenvalue weighted by molar-refractivity contribution is 9.10. The Kier molecular flexibility index (Phi) is 3.66. The fraction of sp³-hybridized carbons (Fsp3) is 0.333. The first-order valence-corrected chi connectivity index (χ1v) is 7.72. The molecule has 0 radical (unpaired) electrons. The summed E-state index contributed by atoms with van der Waals surface area (Å²) in [5.41, 5.74) is 1.04. The number of nitrogens with zero attached hydrogens (tertiary/aromatic N) is 2. The van der Waals surface area contributed by atoms with Crippen molar-refractivity contribution in [2.24, 2.45) is 0 Å². The van der Waals surface area contributed by atoms with Gasteiger partial charge in [0, 0.05) is 22.6 Å². The Morgan fingerprint density at radius 1 is 1.39 bits per heavy atom.